The van der Waals surface area contributed by atoms with Gasteiger partial charge in [-0.05, 0) is 41.5 Å². The number of fused-ring (bicyclic) bond motifs is 5. The maximum Gasteiger partial charge on any atom is 0.413 e. The number of rotatable bonds is 5. The first-order valence-electron chi connectivity index (χ1n) is 11.6. The van der Waals surface area contributed by atoms with Crippen molar-refractivity contribution < 1.29 is 24.2 Å². The number of amides is 2. The lowest BCUT2D eigenvalue weighted by Gasteiger charge is -2.22. The third-order valence-corrected chi connectivity index (χ3v) is 8.12. The number of carbonyl (C=O) groups is 3. The number of aliphatic carboxylic acids is 1. The van der Waals surface area contributed by atoms with Crippen molar-refractivity contribution in [2.75, 3.05) is 11.9 Å². The summed E-state index contributed by atoms with van der Waals surface area (Å²) in [7, 11) is 0. The number of ether oxygens (including phenoxy) is 1. The number of carboxylic acid groups (broad SMARTS) is 1. The van der Waals surface area contributed by atoms with Crippen LogP contribution in [0.15, 0.2) is 53.9 Å². The Hall–Kier alpha value is -3.72. The zero-order chi connectivity index (χ0) is 24.1. The average molecular weight is 490 g/mol. The Bertz CT molecular complexity index is 1290. The molecule has 2 aliphatic heterocycles. The number of benzene rings is 2. The third-order valence-electron chi connectivity index (χ3n) is 7.36. The molecule has 0 radical (unpaired) electrons. The van der Waals surface area contributed by atoms with Crippen molar-refractivity contribution in [3.05, 3.63) is 70.7 Å². The quantitative estimate of drug-likeness (QED) is 0.543. The van der Waals surface area contributed by atoms with Crippen molar-refractivity contribution in [1.82, 2.24) is 9.88 Å². The van der Waals surface area contributed by atoms with Crippen molar-refractivity contribution in [3.63, 3.8) is 0 Å². The predicted octanol–water partition coefficient (Wildman–Crippen LogP) is 4.58. The molecule has 1 aliphatic carbocycles. The van der Waals surface area contributed by atoms with E-state index in [9.17, 15) is 19.5 Å². The number of hydrogen-bond donors (Lipinski definition) is 2. The Morgan fingerprint density at radius 1 is 1.06 bits per heavy atom. The van der Waals surface area contributed by atoms with Crippen LogP contribution in [-0.2, 0) is 9.53 Å². The van der Waals surface area contributed by atoms with Gasteiger partial charge in [-0.2, -0.15) is 0 Å². The molecule has 6 rings (SSSR count). The standard InChI is InChI=1S/C26H23N3O5S/c30-23(29-14-9-10-22(29)19(11-14)24(31)32)21-13-35-25(27-21)28-26(33)34-12-20-17-7-3-1-5-15(17)16-6-2-4-8-18(16)20/h1-8,13-14,19-20,22H,9-12H2,(H,31,32)(H,27,28,33). The molecule has 3 aromatic rings. The summed E-state index contributed by atoms with van der Waals surface area (Å²) in [5, 5.41) is 13.9. The fraction of sp³-hybridized carbons (Fsp3) is 0.308. The number of anilines is 1. The van der Waals surface area contributed by atoms with E-state index < -0.39 is 18.0 Å². The van der Waals surface area contributed by atoms with E-state index in [0.29, 0.717) is 12.8 Å². The van der Waals surface area contributed by atoms with Gasteiger partial charge in [0.25, 0.3) is 5.91 Å². The van der Waals surface area contributed by atoms with Crippen LogP contribution >= 0.6 is 11.3 Å². The molecule has 8 nitrogen and oxygen atoms in total. The summed E-state index contributed by atoms with van der Waals surface area (Å²) in [4.78, 5) is 43.0. The highest BCUT2D eigenvalue weighted by Crippen LogP contribution is 2.45. The van der Waals surface area contributed by atoms with Crippen LogP contribution in [0.1, 0.15) is 46.8 Å². The van der Waals surface area contributed by atoms with Gasteiger partial charge in [0.15, 0.2) is 5.13 Å². The van der Waals surface area contributed by atoms with Gasteiger partial charge in [-0.15, -0.1) is 11.3 Å². The summed E-state index contributed by atoms with van der Waals surface area (Å²) in [6.07, 6.45) is 1.37. The molecule has 2 saturated heterocycles. The minimum absolute atomic E-state index is 0.0468. The summed E-state index contributed by atoms with van der Waals surface area (Å²) >= 11 is 1.14. The molecule has 3 unspecified atom stereocenters. The largest absolute Gasteiger partial charge is 0.481 e. The third kappa shape index (κ3) is 3.67. The van der Waals surface area contributed by atoms with Gasteiger partial charge in [0.05, 0.1) is 5.92 Å². The summed E-state index contributed by atoms with van der Waals surface area (Å²) in [5.41, 5.74) is 4.78. The van der Waals surface area contributed by atoms with E-state index in [2.05, 4.69) is 34.6 Å². The minimum atomic E-state index is -0.856. The highest BCUT2D eigenvalue weighted by atomic mass is 32.1. The molecule has 35 heavy (non-hydrogen) atoms. The zero-order valence-electron chi connectivity index (χ0n) is 18.7. The van der Waals surface area contributed by atoms with E-state index >= 15 is 0 Å². The van der Waals surface area contributed by atoms with Crippen molar-refractivity contribution in [2.45, 2.75) is 37.3 Å². The van der Waals surface area contributed by atoms with Crippen molar-refractivity contribution >= 4 is 34.4 Å². The summed E-state index contributed by atoms with van der Waals surface area (Å²) < 4.78 is 5.55. The Morgan fingerprint density at radius 3 is 2.40 bits per heavy atom. The maximum absolute atomic E-state index is 13.0. The molecule has 2 N–H and O–H groups in total. The van der Waals surface area contributed by atoms with Gasteiger partial charge >= 0.3 is 12.1 Å². The Kier molecular flexibility index (Phi) is 5.29. The number of carboxylic acids is 1. The van der Waals surface area contributed by atoms with Crippen molar-refractivity contribution in [2.24, 2.45) is 5.92 Å². The Balaban J connectivity index is 1.10. The first-order chi connectivity index (χ1) is 17.0. The SMILES string of the molecule is O=C(Nc1nc(C(=O)N2C3CCC2C(C(=O)O)C3)cs1)OCC1c2ccccc2-c2ccccc21. The van der Waals surface area contributed by atoms with E-state index in [1.54, 1.807) is 10.3 Å². The second-order valence-corrected chi connectivity index (χ2v) is 10.0. The molecule has 3 aliphatic rings. The summed E-state index contributed by atoms with van der Waals surface area (Å²) in [6.45, 7) is 0.185. The molecule has 1 aromatic heterocycles. The lowest BCUT2D eigenvalue weighted by atomic mass is 9.89. The van der Waals surface area contributed by atoms with Crippen LogP contribution in [0, 0.1) is 5.92 Å². The van der Waals surface area contributed by atoms with Crippen LogP contribution in [0.3, 0.4) is 0 Å². The van der Waals surface area contributed by atoms with Gasteiger partial charge in [-0.3, -0.25) is 14.9 Å². The molecular formula is C26H23N3O5S. The van der Waals surface area contributed by atoms with Gasteiger partial charge in [-0.1, -0.05) is 48.5 Å². The second-order valence-electron chi connectivity index (χ2n) is 9.18. The zero-order valence-corrected chi connectivity index (χ0v) is 19.5. The van der Waals surface area contributed by atoms with Gasteiger partial charge in [0.1, 0.15) is 12.3 Å². The maximum atomic E-state index is 13.0. The normalized spacial score (nSPS) is 22.1. The molecule has 0 spiro atoms. The molecule has 2 amide bonds. The van der Waals surface area contributed by atoms with Crippen LogP contribution in [0.4, 0.5) is 9.93 Å². The first-order valence-corrected chi connectivity index (χ1v) is 12.5. The molecule has 2 fully saturated rings. The van der Waals surface area contributed by atoms with Crippen LogP contribution in [0.2, 0.25) is 0 Å². The molecule has 3 heterocycles. The van der Waals surface area contributed by atoms with Crippen LogP contribution in [-0.4, -0.2) is 51.7 Å². The molecule has 2 aromatic carbocycles. The highest BCUT2D eigenvalue weighted by Gasteiger charge is 2.51. The number of carbonyl (C=O) groups excluding carboxylic acids is 2. The monoisotopic (exact) mass is 489 g/mol. The number of aromatic nitrogens is 1. The highest BCUT2D eigenvalue weighted by molar-refractivity contribution is 7.14. The minimum Gasteiger partial charge on any atom is -0.481 e. The molecule has 178 valence electrons. The lowest BCUT2D eigenvalue weighted by molar-refractivity contribution is -0.142. The summed E-state index contributed by atoms with van der Waals surface area (Å²) in [5.74, 6) is -1.70. The van der Waals surface area contributed by atoms with E-state index in [1.165, 1.54) is 0 Å². The van der Waals surface area contributed by atoms with Gasteiger partial charge in [0.2, 0.25) is 0 Å². The molecule has 9 heteroatoms. The van der Waals surface area contributed by atoms with E-state index in [-0.39, 0.29) is 41.3 Å². The van der Waals surface area contributed by atoms with Crippen molar-refractivity contribution in [3.8, 4) is 11.1 Å². The van der Waals surface area contributed by atoms with Gasteiger partial charge in [-0.25, -0.2) is 9.78 Å². The molecule has 3 atom stereocenters. The first kappa shape index (κ1) is 21.8. The van der Waals surface area contributed by atoms with Gasteiger partial charge in [0, 0.05) is 23.4 Å². The molecular weight excluding hydrogens is 466 g/mol. The fourth-order valence-electron chi connectivity index (χ4n) is 5.85. The smallest absolute Gasteiger partial charge is 0.413 e. The second kappa shape index (κ2) is 8.49. The topological polar surface area (TPSA) is 109 Å². The van der Waals surface area contributed by atoms with Crippen molar-refractivity contribution in [1.29, 1.82) is 0 Å². The van der Waals surface area contributed by atoms with Crippen LogP contribution in [0.5, 0.6) is 0 Å². The molecule has 0 saturated carbocycles. The van der Waals surface area contributed by atoms with E-state index in [1.807, 2.05) is 24.3 Å². The number of nitrogens with one attached hydrogen (secondary N) is 1. The average Bonchev–Trinajstić information content (AvgIpc) is 3.64. The Labute approximate surface area is 205 Å². The lowest BCUT2D eigenvalue weighted by Crippen LogP contribution is -2.38. The van der Waals surface area contributed by atoms with E-state index in [0.717, 1.165) is 40.0 Å². The van der Waals surface area contributed by atoms with Crippen LogP contribution < -0.4 is 5.32 Å². The van der Waals surface area contributed by atoms with E-state index in [4.69, 9.17) is 4.74 Å². The number of thiazole rings is 1. The Morgan fingerprint density at radius 2 is 1.74 bits per heavy atom. The number of nitrogens with zero attached hydrogens (tertiary/aromatic N) is 2. The fourth-order valence-corrected chi connectivity index (χ4v) is 6.52. The predicted molar refractivity (Wildman–Crippen MR) is 130 cm³/mol. The molecule has 2 bridgehead atoms. The van der Waals surface area contributed by atoms with Gasteiger partial charge < -0.3 is 14.7 Å². The van der Waals surface area contributed by atoms with Crippen LogP contribution in [0.25, 0.3) is 11.1 Å². The summed E-state index contributed by atoms with van der Waals surface area (Å²) in [6, 6.07) is 15.9. The number of hydrogen-bond acceptors (Lipinski definition) is 6.